The minimum atomic E-state index is -2.94. The lowest BCUT2D eigenvalue weighted by Gasteiger charge is -2.14. The van der Waals surface area contributed by atoms with E-state index < -0.39 is 6.61 Å². The van der Waals surface area contributed by atoms with Crippen LogP contribution >= 0.6 is 24.0 Å². The Balaban J connectivity index is 1.72. The van der Waals surface area contributed by atoms with Gasteiger partial charge in [-0.3, -0.25) is 14.5 Å². The molecule has 1 aromatic carbocycles. The fraction of sp³-hybridized carbons (Fsp3) is 0.471. The highest BCUT2D eigenvalue weighted by Crippen LogP contribution is 2.29. The molecule has 148 valence electrons. The summed E-state index contributed by atoms with van der Waals surface area (Å²) in [6.07, 6.45) is 1.65. The van der Waals surface area contributed by atoms with Gasteiger partial charge in [-0.25, -0.2) is 0 Å². The highest BCUT2D eigenvalue weighted by Gasteiger charge is 2.25. The Bertz CT molecular complexity index is 688. The maximum absolute atomic E-state index is 12.3. The Morgan fingerprint density at radius 1 is 1.37 bits per heavy atom. The van der Waals surface area contributed by atoms with Gasteiger partial charge in [-0.2, -0.15) is 8.78 Å². The number of nitrogens with one attached hydrogen (secondary N) is 1. The topological polar surface area (TPSA) is 67.9 Å². The summed E-state index contributed by atoms with van der Waals surface area (Å²) in [5.74, 6) is 0.389. The summed E-state index contributed by atoms with van der Waals surface area (Å²) in [7, 11) is 1.35. The number of alkyl halides is 2. The molecule has 27 heavy (non-hydrogen) atoms. The molecule has 0 aliphatic carbocycles. The van der Waals surface area contributed by atoms with Crippen molar-refractivity contribution in [1.29, 1.82) is 0 Å². The summed E-state index contributed by atoms with van der Waals surface area (Å²) in [4.78, 5) is 25.1. The van der Waals surface area contributed by atoms with Gasteiger partial charge in [-0.05, 0) is 30.5 Å². The lowest BCUT2D eigenvalue weighted by atomic mass is 10.2. The van der Waals surface area contributed by atoms with E-state index in [0.29, 0.717) is 41.4 Å². The van der Waals surface area contributed by atoms with Gasteiger partial charge in [0.2, 0.25) is 11.8 Å². The molecule has 0 spiro atoms. The molecule has 1 N–H and O–H groups in total. The number of thioether (sulfide) groups is 1. The number of amides is 2. The van der Waals surface area contributed by atoms with Crippen LogP contribution in [0, 0.1) is 0 Å². The van der Waals surface area contributed by atoms with E-state index in [2.05, 4.69) is 10.1 Å². The van der Waals surface area contributed by atoms with E-state index in [-0.39, 0.29) is 29.9 Å². The molecule has 0 aromatic heterocycles. The molecular formula is C17H20F2N2O4S2. The quantitative estimate of drug-likeness (QED) is 0.466. The van der Waals surface area contributed by atoms with Crippen molar-refractivity contribution in [3.8, 4) is 11.5 Å². The number of halogens is 2. The van der Waals surface area contributed by atoms with Crippen molar-refractivity contribution in [3.05, 3.63) is 23.8 Å². The minimum Gasteiger partial charge on any atom is -0.493 e. The first kappa shape index (κ1) is 21.4. The van der Waals surface area contributed by atoms with Crippen LogP contribution in [0.1, 0.15) is 24.8 Å². The Labute approximate surface area is 165 Å². The summed E-state index contributed by atoms with van der Waals surface area (Å²) in [5.41, 5.74) is 0.701. The summed E-state index contributed by atoms with van der Waals surface area (Å²) in [6, 6.07) is 4.49. The second kappa shape index (κ2) is 10.4. The maximum Gasteiger partial charge on any atom is 0.387 e. The number of methoxy groups -OCH3 is 1. The van der Waals surface area contributed by atoms with Crippen LogP contribution in [0.25, 0.3) is 0 Å². The average molecular weight is 418 g/mol. The largest absolute Gasteiger partial charge is 0.493 e. The molecule has 10 heteroatoms. The average Bonchev–Trinajstić information content (AvgIpc) is 2.95. The molecule has 0 unspecified atom stereocenters. The summed E-state index contributed by atoms with van der Waals surface area (Å²) < 4.78 is 34.6. The molecule has 0 saturated carbocycles. The summed E-state index contributed by atoms with van der Waals surface area (Å²) in [5, 5.41) is 2.76. The Hall–Kier alpha value is -1.94. The van der Waals surface area contributed by atoms with Crippen LogP contribution in [0.3, 0.4) is 0 Å². The van der Waals surface area contributed by atoms with Gasteiger partial charge >= 0.3 is 6.61 Å². The van der Waals surface area contributed by atoms with Gasteiger partial charge in [0.1, 0.15) is 4.32 Å². The van der Waals surface area contributed by atoms with Gasteiger partial charge in [0, 0.05) is 19.5 Å². The van der Waals surface area contributed by atoms with E-state index in [1.165, 1.54) is 31.0 Å². The van der Waals surface area contributed by atoms with Gasteiger partial charge in [0.05, 0.1) is 12.9 Å². The lowest BCUT2D eigenvalue weighted by Crippen LogP contribution is -2.29. The van der Waals surface area contributed by atoms with Gasteiger partial charge < -0.3 is 14.8 Å². The molecule has 0 atom stereocenters. The van der Waals surface area contributed by atoms with E-state index in [4.69, 9.17) is 17.0 Å². The zero-order valence-electron chi connectivity index (χ0n) is 14.7. The number of nitrogens with zero attached hydrogens (tertiary/aromatic N) is 1. The lowest BCUT2D eigenvalue weighted by molar-refractivity contribution is -0.124. The van der Waals surface area contributed by atoms with Crippen LogP contribution in [0.15, 0.2) is 18.2 Å². The second-order valence-corrected chi connectivity index (χ2v) is 7.31. The first-order valence-corrected chi connectivity index (χ1v) is 9.65. The normalized spacial score (nSPS) is 14.0. The van der Waals surface area contributed by atoms with E-state index in [9.17, 15) is 18.4 Å². The molecule has 2 amide bonds. The highest BCUT2D eigenvalue weighted by molar-refractivity contribution is 8.23. The fourth-order valence-corrected chi connectivity index (χ4v) is 3.58. The van der Waals surface area contributed by atoms with E-state index in [0.717, 1.165) is 0 Å². The minimum absolute atomic E-state index is 0.0164. The number of rotatable bonds is 10. The predicted molar refractivity (Wildman–Crippen MR) is 102 cm³/mol. The van der Waals surface area contributed by atoms with Crippen LogP contribution in [0.5, 0.6) is 11.5 Å². The molecular weight excluding hydrogens is 398 g/mol. The molecule has 2 rings (SSSR count). The van der Waals surface area contributed by atoms with Crippen LogP contribution in [0.2, 0.25) is 0 Å². The number of unbranched alkanes of at least 4 members (excludes halogenated alkanes) is 1. The first-order chi connectivity index (χ1) is 12.9. The number of benzene rings is 1. The zero-order valence-corrected chi connectivity index (χ0v) is 16.3. The van der Waals surface area contributed by atoms with Gasteiger partial charge in [-0.15, -0.1) is 0 Å². The summed E-state index contributed by atoms with van der Waals surface area (Å²) >= 11 is 6.45. The standard InChI is InChI=1S/C17H20F2N2O4S2/c1-24-13-8-11(5-6-12(13)25-16(18)19)9-20-14(22)4-2-3-7-21-15(23)10-27-17(21)26/h5-6,8,16H,2-4,7,9-10H2,1H3,(H,20,22). The van der Waals surface area contributed by atoms with Crippen LogP contribution in [-0.4, -0.2) is 47.1 Å². The molecule has 1 heterocycles. The zero-order chi connectivity index (χ0) is 19.8. The van der Waals surface area contributed by atoms with E-state index in [1.807, 2.05) is 0 Å². The Morgan fingerprint density at radius 2 is 2.15 bits per heavy atom. The van der Waals surface area contributed by atoms with Crippen molar-refractivity contribution in [1.82, 2.24) is 10.2 Å². The first-order valence-electron chi connectivity index (χ1n) is 8.26. The highest BCUT2D eigenvalue weighted by atomic mass is 32.2. The molecule has 6 nitrogen and oxygen atoms in total. The molecule has 0 radical (unpaired) electrons. The maximum atomic E-state index is 12.3. The number of carbonyl (C=O) groups excluding carboxylic acids is 2. The molecule has 1 aliphatic rings. The fourth-order valence-electron chi connectivity index (χ4n) is 2.46. The monoisotopic (exact) mass is 418 g/mol. The van der Waals surface area contributed by atoms with Gasteiger partial charge in [0.25, 0.3) is 0 Å². The number of thiocarbonyl (C=S) groups is 1. The predicted octanol–water partition coefficient (Wildman–Crippen LogP) is 2.94. The summed E-state index contributed by atoms with van der Waals surface area (Å²) in [6.45, 7) is -2.16. The third-order valence-corrected chi connectivity index (χ3v) is 5.24. The molecule has 1 aromatic rings. The van der Waals surface area contributed by atoms with E-state index in [1.54, 1.807) is 11.0 Å². The van der Waals surface area contributed by atoms with Crippen LogP contribution in [-0.2, 0) is 16.1 Å². The van der Waals surface area contributed by atoms with E-state index >= 15 is 0 Å². The number of ether oxygens (including phenoxy) is 2. The molecule has 1 aliphatic heterocycles. The Kier molecular flexibility index (Phi) is 8.23. The third kappa shape index (κ3) is 6.62. The number of carbonyl (C=O) groups is 2. The van der Waals surface area contributed by atoms with Gasteiger partial charge in [-0.1, -0.05) is 30.0 Å². The number of hydrogen-bond donors (Lipinski definition) is 1. The van der Waals surface area contributed by atoms with Crippen LogP contribution in [0.4, 0.5) is 8.78 Å². The van der Waals surface area contributed by atoms with Crippen molar-refractivity contribution in [2.45, 2.75) is 32.4 Å². The van der Waals surface area contributed by atoms with Crippen molar-refractivity contribution in [2.24, 2.45) is 0 Å². The van der Waals surface area contributed by atoms with Crippen molar-refractivity contribution in [2.75, 3.05) is 19.4 Å². The molecule has 0 bridgehead atoms. The second-order valence-electron chi connectivity index (χ2n) is 5.70. The van der Waals surface area contributed by atoms with Gasteiger partial charge in [0.15, 0.2) is 11.5 Å². The SMILES string of the molecule is COc1cc(CNC(=O)CCCCN2C(=O)CSC2=S)ccc1OC(F)F. The Morgan fingerprint density at radius 3 is 2.78 bits per heavy atom. The van der Waals surface area contributed by atoms with Crippen LogP contribution < -0.4 is 14.8 Å². The molecule has 1 saturated heterocycles. The number of hydrogen-bond acceptors (Lipinski definition) is 6. The van der Waals surface area contributed by atoms with Crippen molar-refractivity contribution < 1.29 is 27.8 Å². The van der Waals surface area contributed by atoms with Crippen molar-refractivity contribution in [3.63, 3.8) is 0 Å². The molecule has 1 fully saturated rings. The van der Waals surface area contributed by atoms with Crippen molar-refractivity contribution >= 4 is 40.1 Å². The third-order valence-electron chi connectivity index (χ3n) is 3.81. The smallest absolute Gasteiger partial charge is 0.387 e.